The molecule has 0 spiro atoms. The normalized spacial score (nSPS) is 11.3. The Hall–Kier alpha value is -0.450. The molecule has 0 radical (unpaired) electrons. The summed E-state index contributed by atoms with van der Waals surface area (Å²) in [6.07, 6.45) is 0. The lowest BCUT2D eigenvalue weighted by atomic mass is 10.2. The highest BCUT2D eigenvalue weighted by Crippen LogP contribution is 2.32. The maximum absolute atomic E-state index is 12.3. The number of hydrogen-bond donors (Lipinski definition) is 1. The Morgan fingerprint density at radius 3 is 2.13 bits per heavy atom. The minimum atomic E-state index is -4.44. The summed E-state index contributed by atoms with van der Waals surface area (Å²) >= 11 is 15.6. The maximum Gasteiger partial charge on any atom is 0.345 e. The van der Waals surface area contributed by atoms with Crippen LogP contribution >= 0.6 is 59.4 Å². The van der Waals surface area contributed by atoms with Gasteiger partial charge in [-0.3, -0.25) is 4.55 Å². The second-order valence-corrected chi connectivity index (χ2v) is 8.62. The van der Waals surface area contributed by atoms with Gasteiger partial charge in [-0.15, -0.1) is 0 Å². The number of hydrogen-bond acceptors (Lipinski definition) is 4. The summed E-state index contributed by atoms with van der Waals surface area (Å²) in [7, 11) is -4.44. The number of carbonyl (C=O) groups is 1. The average molecular weight is 549 g/mol. The van der Waals surface area contributed by atoms with Crippen LogP contribution < -0.4 is 4.74 Å². The second-order valence-electron chi connectivity index (χ2n) is 4.20. The number of benzene rings is 2. The molecule has 10 heteroatoms. The third-order valence-electron chi connectivity index (χ3n) is 2.60. The lowest BCUT2D eigenvalue weighted by Gasteiger charge is -2.09. The molecule has 0 aliphatic heterocycles. The van der Waals surface area contributed by atoms with Gasteiger partial charge in [0, 0.05) is 19.5 Å². The molecule has 0 aliphatic carbocycles. The third-order valence-corrected chi connectivity index (χ3v) is 5.65. The van der Waals surface area contributed by atoms with Gasteiger partial charge in [0.1, 0.15) is 10.6 Å². The summed E-state index contributed by atoms with van der Waals surface area (Å²) in [6, 6.07) is 6.74. The summed E-state index contributed by atoms with van der Waals surface area (Å²) in [5.41, 5.74) is 0.253. The number of halogens is 4. The van der Waals surface area contributed by atoms with Crippen LogP contribution in [0.2, 0.25) is 5.02 Å². The molecule has 0 aliphatic rings. The SMILES string of the molecule is O=C(Oc1ccc(S(=O)(=O)O)c(Cl)c1)c1c(Br)cc(Br)cc1Br. The van der Waals surface area contributed by atoms with Crippen LogP contribution in [-0.2, 0) is 10.1 Å². The van der Waals surface area contributed by atoms with Crippen molar-refractivity contribution in [1.82, 2.24) is 0 Å². The summed E-state index contributed by atoms with van der Waals surface area (Å²) in [5, 5.41) is -0.258. The van der Waals surface area contributed by atoms with Crippen molar-refractivity contribution < 1.29 is 22.5 Å². The lowest BCUT2D eigenvalue weighted by molar-refractivity contribution is 0.0733. The molecule has 0 saturated heterocycles. The molecular formula is C13H6Br3ClO5S. The Morgan fingerprint density at radius 2 is 1.65 bits per heavy atom. The van der Waals surface area contributed by atoms with E-state index in [1.165, 1.54) is 6.07 Å². The lowest BCUT2D eigenvalue weighted by Crippen LogP contribution is -2.10. The topological polar surface area (TPSA) is 80.7 Å². The first-order chi connectivity index (χ1) is 10.6. The average Bonchev–Trinajstić information content (AvgIpc) is 2.35. The van der Waals surface area contributed by atoms with Crippen molar-refractivity contribution in [2.75, 3.05) is 0 Å². The van der Waals surface area contributed by atoms with Crippen LogP contribution in [0.4, 0.5) is 0 Å². The van der Waals surface area contributed by atoms with E-state index in [0.29, 0.717) is 8.95 Å². The molecule has 0 heterocycles. The molecule has 0 aromatic heterocycles. The molecule has 0 fully saturated rings. The Labute approximate surface area is 162 Å². The van der Waals surface area contributed by atoms with Gasteiger partial charge < -0.3 is 4.74 Å². The molecule has 5 nitrogen and oxygen atoms in total. The zero-order valence-corrected chi connectivity index (χ0v) is 17.2. The molecule has 2 rings (SSSR count). The molecule has 0 amide bonds. The highest BCUT2D eigenvalue weighted by atomic mass is 79.9. The van der Waals surface area contributed by atoms with Crippen molar-refractivity contribution in [1.29, 1.82) is 0 Å². The van der Waals surface area contributed by atoms with Gasteiger partial charge in [-0.1, -0.05) is 27.5 Å². The monoisotopic (exact) mass is 546 g/mol. The fourth-order valence-corrected chi connectivity index (χ4v) is 5.24. The van der Waals surface area contributed by atoms with E-state index in [4.69, 9.17) is 20.9 Å². The smallest absolute Gasteiger partial charge is 0.345 e. The molecule has 122 valence electrons. The van der Waals surface area contributed by atoms with Crippen LogP contribution in [0.3, 0.4) is 0 Å². The molecule has 2 aromatic carbocycles. The maximum atomic E-state index is 12.3. The first-order valence-corrected chi connectivity index (χ1v) is 9.93. The van der Waals surface area contributed by atoms with Crippen molar-refractivity contribution in [2.45, 2.75) is 4.90 Å². The van der Waals surface area contributed by atoms with Crippen LogP contribution in [0, 0.1) is 0 Å². The zero-order chi connectivity index (χ0) is 17.4. The minimum absolute atomic E-state index is 0.0362. The fourth-order valence-electron chi connectivity index (χ4n) is 1.65. The Bertz CT molecular complexity index is 875. The van der Waals surface area contributed by atoms with Crippen molar-refractivity contribution in [3.8, 4) is 5.75 Å². The molecule has 2 aromatic rings. The summed E-state index contributed by atoms with van der Waals surface area (Å²) in [6.45, 7) is 0. The van der Waals surface area contributed by atoms with Crippen LogP contribution in [-0.4, -0.2) is 18.9 Å². The molecule has 0 bridgehead atoms. The van der Waals surface area contributed by atoms with E-state index >= 15 is 0 Å². The first kappa shape index (κ1) is 18.9. The van der Waals surface area contributed by atoms with Gasteiger partial charge in [-0.2, -0.15) is 8.42 Å². The minimum Gasteiger partial charge on any atom is -0.423 e. The van der Waals surface area contributed by atoms with Gasteiger partial charge in [0.25, 0.3) is 10.1 Å². The molecule has 0 atom stereocenters. The van der Waals surface area contributed by atoms with E-state index in [2.05, 4.69) is 47.8 Å². The number of rotatable bonds is 3. The molecular weight excluding hydrogens is 543 g/mol. The molecule has 0 saturated carbocycles. The number of esters is 1. The number of ether oxygens (including phenoxy) is 1. The van der Waals surface area contributed by atoms with E-state index < -0.39 is 21.0 Å². The molecule has 1 N–H and O–H groups in total. The van der Waals surface area contributed by atoms with Gasteiger partial charge >= 0.3 is 5.97 Å². The van der Waals surface area contributed by atoms with Crippen molar-refractivity contribution >= 4 is 75.5 Å². The van der Waals surface area contributed by atoms with Gasteiger partial charge in [-0.25, -0.2) is 4.79 Å². The van der Waals surface area contributed by atoms with E-state index in [0.717, 1.165) is 16.6 Å². The first-order valence-electron chi connectivity index (χ1n) is 5.73. The van der Waals surface area contributed by atoms with Gasteiger partial charge in [0.15, 0.2) is 0 Å². The van der Waals surface area contributed by atoms with Crippen molar-refractivity contribution in [3.05, 3.63) is 54.3 Å². The Morgan fingerprint density at radius 1 is 1.09 bits per heavy atom. The Balaban J connectivity index is 2.34. The van der Waals surface area contributed by atoms with Crippen LogP contribution in [0.15, 0.2) is 48.6 Å². The quantitative estimate of drug-likeness (QED) is 0.328. The summed E-state index contributed by atoms with van der Waals surface area (Å²) in [5.74, 6) is -0.638. The van der Waals surface area contributed by atoms with Gasteiger partial charge in [0.05, 0.1) is 10.6 Å². The van der Waals surface area contributed by atoms with Crippen molar-refractivity contribution in [3.63, 3.8) is 0 Å². The predicted octanol–water partition coefficient (Wildman–Crippen LogP) is 5.09. The number of carbonyl (C=O) groups excluding carboxylic acids is 1. The van der Waals surface area contributed by atoms with Crippen LogP contribution in [0.25, 0.3) is 0 Å². The Kier molecular flexibility index (Phi) is 5.91. The fraction of sp³-hybridized carbons (Fsp3) is 0. The van der Waals surface area contributed by atoms with Gasteiger partial charge in [0.2, 0.25) is 0 Å². The summed E-state index contributed by atoms with van der Waals surface area (Å²) < 4.78 is 38.1. The molecule has 0 unspecified atom stereocenters. The van der Waals surface area contributed by atoms with E-state index in [1.807, 2.05) is 0 Å². The molecule has 23 heavy (non-hydrogen) atoms. The zero-order valence-electron chi connectivity index (χ0n) is 10.9. The standard InChI is InChI=1S/C13H6Br3ClO5S/c14-6-3-8(15)12(9(16)4-6)13(18)22-7-1-2-11(10(17)5-7)23(19,20)21/h1-5H,(H,19,20,21). The van der Waals surface area contributed by atoms with E-state index in [1.54, 1.807) is 12.1 Å². The predicted molar refractivity (Wildman–Crippen MR) is 95.8 cm³/mol. The van der Waals surface area contributed by atoms with E-state index in [-0.39, 0.29) is 16.3 Å². The van der Waals surface area contributed by atoms with Gasteiger partial charge in [-0.05, 0) is 56.1 Å². The summed E-state index contributed by atoms with van der Waals surface area (Å²) in [4.78, 5) is 11.8. The largest absolute Gasteiger partial charge is 0.423 e. The van der Waals surface area contributed by atoms with Crippen LogP contribution in [0.1, 0.15) is 10.4 Å². The highest BCUT2D eigenvalue weighted by Gasteiger charge is 2.19. The van der Waals surface area contributed by atoms with Crippen molar-refractivity contribution in [2.24, 2.45) is 0 Å². The van der Waals surface area contributed by atoms with Crippen LogP contribution in [0.5, 0.6) is 5.75 Å². The third kappa shape index (κ3) is 4.55. The van der Waals surface area contributed by atoms with E-state index in [9.17, 15) is 13.2 Å². The highest BCUT2D eigenvalue weighted by molar-refractivity contribution is 9.11. The second kappa shape index (κ2) is 7.20.